The van der Waals surface area contributed by atoms with E-state index in [1.165, 1.54) is 0 Å². The van der Waals surface area contributed by atoms with E-state index >= 15 is 0 Å². The first kappa shape index (κ1) is 9.24. The highest BCUT2D eigenvalue weighted by Gasteiger charge is 2.41. The zero-order valence-corrected chi connectivity index (χ0v) is 7.51. The van der Waals surface area contributed by atoms with Gasteiger partial charge in [-0.25, -0.2) is 0 Å². The maximum atomic E-state index is 10.8. The van der Waals surface area contributed by atoms with E-state index < -0.39 is 23.8 Å². The predicted octanol–water partition coefficient (Wildman–Crippen LogP) is -1.69. The van der Waals surface area contributed by atoms with Crippen LogP contribution >= 0.6 is 0 Å². The molecule has 4 atom stereocenters. The van der Waals surface area contributed by atoms with Crippen LogP contribution in [0.5, 0.6) is 0 Å². The molecule has 14 heavy (non-hydrogen) atoms. The van der Waals surface area contributed by atoms with Gasteiger partial charge in [-0.3, -0.25) is 0 Å². The summed E-state index contributed by atoms with van der Waals surface area (Å²) < 4.78 is 0. The van der Waals surface area contributed by atoms with Gasteiger partial charge in [0.25, 0.3) is 0 Å². The minimum absolute atomic E-state index is 0.187. The van der Waals surface area contributed by atoms with Gasteiger partial charge in [-0.2, -0.15) is 0 Å². The van der Waals surface area contributed by atoms with Crippen molar-refractivity contribution in [1.82, 2.24) is 0 Å². The number of carboxylic acids is 2. The van der Waals surface area contributed by atoms with Gasteiger partial charge in [0, 0.05) is 23.8 Å². The van der Waals surface area contributed by atoms with Crippen LogP contribution in [-0.4, -0.2) is 11.9 Å². The highest BCUT2D eigenvalue weighted by Crippen LogP contribution is 2.44. The van der Waals surface area contributed by atoms with E-state index in [-0.39, 0.29) is 11.8 Å². The molecule has 0 aliphatic heterocycles. The largest absolute Gasteiger partial charge is 0.550 e. The van der Waals surface area contributed by atoms with E-state index in [1.807, 2.05) is 0 Å². The Morgan fingerprint density at radius 2 is 1.29 bits per heavy atom. The number of carboxylic acid groups (broad SMARTS) is 2. The molecule has 4 heteroatoms. The van der Waals surface area contributed by atoms with E-state index in [0.29, 0.717) is 0 Å². The van der Waals surface area contributed by atoms with Crippen molar-refractivity contribution in [1.29, 1.82) is 0 Å². The third-order valence-corrected chi connectivity index (χ3v) is 3.29. The summed E-state index contributed by atoms with van der Waals surface area (Å²) in [6, 6.07) is 0. The summed E-state index contributed by atoms with van der Waals surface area (Å²) in [7, 11) is 0. The molecule has 0 amide bonds. The third kappa shape index (κ3) is 1.22. The van der Waals surface area contributed by atoms with Gasteiger partial charge in [-0.05, 0) is 24.7 Å². The number of fused-ring (bicyclic) bond motifs is 2. The Morgan fingerprint density at radius 1 is 0.929 bits per heavy atom. The molecule has 2 bridgehead atoms. The van der Waals surface area contributed by atoms with Crippen molar-refractivity contribution < 1.29 is 19.8 Å². The smallest absolute Gasteiger partial charge is 0.0457 e. The first-order valence-electron chi connectivity index (χ1n) is 4.71. The Kier molecular flexibility index (Phi) is 2.06. The van der Waals surface area contributed by atoms with Gasteiger partial charge in [-0.15, -0.1) is 0 Å². The molecule has 4 nitrogen and oxygen atoms in total. The summed E-state index contributed by atoms with van der Waals surface area (Å²) in [5.41, 5.74) is 0. The third-order valence-electron chi connectivity index (χ3n) is 3.29. The molecular weight excluding hydrogens is 184 g/mol. The molecule has 0 aromatic rings. The standard InChI is InChI=1S/C10H12O4/c11-9(12)7-5-1-2-6(4-3-5)8(7)10(13)14/h1-2,5-8H,3-4H2,(H,11,12)(H,13,14)/p-2/t5-,6+,7+,8-. The average Bonchev–Trinajstić information content (AvgIpc) is 2.17. The lowest BCUT2D eigenvalue weighted by atomic mass is 9.62. The summed E-state index contributed by atoms with van der Waals surface area (Å²) in [6.45, 7) is 0. The van der Waals surface area contributed by atoms with Crippen molar-refractivity contribution >= 4 is 11.9 Å². The normalized spacial score (nSPS) is 39.7. The Bertz CT molecular complexity index is 277. The molecule has 0 saturated heterocycles. The monoisotopic (exact) mass is 194 g/mol. The van der Waals surface area contributed by atoms with Crippen molar-refractivity contribution in [2.45, 2.75) is 12.8 Å². The topological polar surface area (TPSA) is 80.3 Å². The van der Waals surface area contributed by atoms with Gasteiger partial charge < -0.3 is 19.8 Å². The quantitative estimate of drug-likeness (QED) is 0.491. The molecule has 0 N–H and O–H groups in total. The molecule has 0 aromatic carbocycles. The zero-order valence-electron chi connectivity index (χ0n) is 7.51. The van der Waals surface area contributed by atoms with Crippen LogP contribution in [0.15, 0.2) is 12.2 Å². The van der Waals surface area contributed by atoms with Crippen molar-refractivity contribution in [3.63, 3.8) is 0 Å². The Hall–Kier alpha value is -1.32. The molecule has 3 rings (SSSR count). The van der Waals surface area contributed by atoms with Gasteiger partial charge in [-0.1, -0.05) is 12.2 Å². The Morgan fingerprint density at radius 3 is 1.50 bits per heavy atom. The van der Waals surface area contributed by atoms with E-state index in [9.17, 15) is 19.8 Å². The van der Waals surface area contributed by atoms with Crippen LogP contribution in [0.4, 0.5) is 0 Å². The molecule has 0 unspecified atom stereocenters. The van der Waals surface area contributed by atoms with E-state index in [0.717, 1.165) is 12.8 Å². The highest BCUT2D eigenvalue weighted by molar-refractivity contribution is 5.79. The lowest BCUT2D eigenvalue weighted by molar-refractivity contribution is -0.331. The summed E-state index contributed by atoms with van der Waals surface area (Å²) in [4.78, 5) is 21.6. The van der Waals surface area contributed by atoms with E-state index in [1.54, 1.807) is 12.2 Å². The van der Waals surface area contributed by atoms with Gasteiger partial charge in [0.05, 0.1) is 0 Å². The molecule has 0 spiro atoms. The van der Waals surface area contributed by atoms with Gasteiger partial charge >= 0.3 is 0 Å². The summed E-state index contributed by atoms with van der Waals surface area (Å²) in [5, 5.41) is 21.6. The zero-order chi connectivity index (χ0) is 10.3. The van der Waals surface area contributed by atoms with Crippen LogP contribution in [-0.2, 0) is 9.59 Å². The lowest BCUT2D eigenvalue weighted by Crippen LogP contribution is -2.53. The number of carbonyl (C=O) groups excluding carboxylic acids is 2. The van der Waals surface area contributed by atoms with Gasteiger partial charge in [0.1, 0.15) is 0 Å². The molecule has 76 valence electrons. The van der Waals surface area contributed by atoms with Crippen LogP contribution in [0.3, 0.4) is 0 Å². The minimum atomic E-state index is -1.27. The van der Waals surface area contributed by atoms with Crippen LogP contribution < -0.4 is 10.2 Å². The molecule has 1 fully saturated rings. The van der Waals surface area contributed by atoms with Crippen LogP contribution in [0, 0.1) is 23.7 Å². The molecular formula is C10H10O4-2. The van der Waals surface area contributed by atoms with Crippen molar-refractivity contribution in [3.8, 4) is 0 Å². The fourth-order valence-corrected chi connectivity index (χ4v) is 2.64. The average molecular weight is 194 g/mol. The second-order valence-electron chi connectivity index (χ2n) is 3.98. The Labute approximate surface area is 81.2 Å². The highest BCUT2D eigenvalue weighted by atomic mass is 16.4. The van der Waals surface area contributed by atoms with Gasteiger partial charge in [0.2, 0.25) is 0 Å². The lowest BCUT2D eigenvalue weighted by Gasteiger charge is -2.45. The number of aliphatic carboxylic acids is 2. The molecule has 3 aliphatic carbocycles. The summed E-state index contributed by atoms with van der Waals surface area (Å²) in [6.07, 6.45) is 5.08. The SMILES string of the molecule is O=C([O-])[C@@H]1[C@H](C(=O)[O-])[C@H]2C=C[C@@H]1CC2. The van der Waals surface area contributed by atoms with E-state index in [2.05, 4.69) is 0 Å². The summed E-state index contributed by atoms with van der Waals surface area (Å²) >= 11 is 0. The second-order valence-corrected chi connectivity index (χ2v) is 3.98. The van der Waals surface area contributed by atoms with Crippen LogP contribution in [0.1, 0.15) is 12.8 Å². The second kappa shape index (κ2) is 3.12. The molecule has 3 aliphatic rings. The molecule has 0 radical (unpaired) electrons. The number of allylic oxidation sites excluding steroid dienone is 2. The maximum Gasteiger partial charge on any atom is 0.0457 e. The molecule has 0 aromatic heterocycles. The molecule has 1 saturated carbocycles. The van der Waals surface area contributed by atoms with Crippen molar-refractivity contribution in [2.75, 3.05) is 0 Å². The van der Waals surface area contributed by atoms with Crippen molar-refractivity contribution in [3.05, 3.63) is 12.2 Å². The number of carbonyl (C=O) groups is 2. The first-order valence-corrected chi connectivity index (χ1v) is 4.71. The van der Waals surface area contributed by atoms with Crippen LogP contribution in [0.25, 0.3) is 0 Å². The first-order chi connectivity index (χ1) is 6.61. The number of hydrogen-bond donors (Lipinski definition) is 0. The number of hydrogen-bond acceptors (Lipinski definition) is 4. The summed E-state index contributed by atoms with van der Waals surface area (Å²) in [5.74, 6) is -4.70. The fourth-order valence-electron chi connectivity index (χ4n) is 2.64. The maximum absolute atomic E-state index is 10.8. The fraction of sp³-hybridized carbons (Fsp3) is 0.600. The number of rotatable bonds is 2. The predicted molar refractivity (Wildman–Crippen MR) is 42.3 cm³/mol. The van der Waals surface area contributed by atoms with E-state index in [4.69, 9.17) is 0 Å². The molecule has 0 heterocycles. The van der Waals surface area contributed by atoms with Gasteiger partial charge in [0.15, 0.2) is 0 Å². The Balaban J connectivity index is 2.33. The van der Waals surface area contributed by atoms with Crippen molar-refractivity contribution in [2.24, 2.45) is 23.7 Å². The van der Waals surface area contributed by atoms with Crippen LogP contribution in [0.2, 0.25) is 0 Å². The minimum Gasteiger partial charge on any atom is -0.550 e.